The van der Waals surface area contributed by atoms with Crippen LogP contribution >= 0.6 is 0 Å². The first kappa shape index (κ1) is 15.0. The van der Waals surface area contributed by atoms with Crippen molar-refractivity contribution >= 4 is 5.95 Å². The molecule has 0 atom stereocenters. The number of aromatic nitrogens is 4. The highest BCUT2D eigenvalue weighted by Crippen LogP contribution is 2.19. The molecule has 1 aromatic carbocycles. The minimum Gasteiger partial charge on any atom is -0.485 e. The molecular weight excluding hydrogens is 294 g/mol. The van der Waals surface area contributed by atoms with Crippen LogP contribution in [0.2, 0.25) is 0 Å². The van der Waals surface area contributed by atoms with Gasteiger partial charge in [-0.25, -0.2) is 9.97 Å². The lowest BCUT2D eigenvalue weighted by molar-refractivity contribution is 0.285. The molecule has 1 N–H and O–H groups in total. The Hall–Kier alpha value is -2.96. The van der Waals surface area contributed by atoms with Gasteiger partial charge in [-0.15, -0.1) is 0 Å². The standard InChI is InChI=1S/C16H17N5O2/c1-10-6-4-5-7-13(10)22-9-14-20-15(23-21-14)12-8-11(2)18-16(17-3)19-12/h4-8H,9H2,1-3H3,(H,17,18,19). The molecule has 0 saturated carbocycles. The van der Waals surface area contributed by atoms with Gasteiger partial charge in [0, 0.05) is 12.7 Å². The van der Waals surface area contributed by atoms with Crippen LogP contribution in [0.25, 0.3) is 11.6 Å². The highest BCUT2D eigenvalue weighted by Gasteiger charge is 2.13. The summed E-state index contributed by atoms with van der Waals surface area (Å²) < 4.78 is 11.0. The molecule has 3 aromatic rings. The molecule has 0 saturated heterocycles. The Kier molecular flexibility index (Phi) is 4.18. The lowest BCUT2D eigenvalue weighted by atomic mass is 10.2. The number of hydrogen-bond acceptors (Lipinski definition) is 7. The number of nitrogens with one attached hydrogen (secondary N) is 1. The first-order valence-electron chi connectivity index (χ1n) is 7.20. The van der Waals surface area contributed by atoms with Gasteiger partial charge in [-0.05, 0) is 31.5 Å². The largest absolute Gasteiger partial charge is 0.485 e. The second-order valence-corrected chi connectivity index (χ2v) is 5.04. The van der Waals surface area contributed by atoms with Crippen LogP contribution in [0.15, 0.2) is 34.9 Å². The summed E-state index contributed by atoms with van der Waals surface area (Å²) in [4.78, 5) is 12.9. The zero-order chi connectivity index (χ0) is 16.2. The molecule has 0 fully saturated rings. The molecule has 0 amide bonds. The van der Waals surface area contributed by atoms with Crippen molar-refractivity contribution in [2.45, 2.75) is 20.5 Å². The van der Waals surface area contributed by atoms with E-state index in [9.17, 15) is 0 Å². The molecule has 0 aliphatic rings. The molecule has 2 aromatic heterocycles. The van der Waals surface area contributed by atoms with Crippen molar-refractivity contribution in [2.24, 2.45) is 0 Å². The lowest BCUT2D eigenvalue weighted by Gasteiger charge is -2.05. The number of benzene rings is 1. The third-order valence-corrected chi connectivity index (χ3v) is 3.22. The monoisotopic (exact) mass is 311 g/mol. The summed E-state index contributed by atoms with van der Waals surface area (Å²) in [6.45, 7) is 4.10. The maximum Gasteiger partial charge on any atom is 0.276 e. The van der Waals surface area contributed by atoms with Crippen molar-refractivity contribution in [3.05, 3.63) is 47.4 Å². The minimum absolute atomic E-state index is 0.233. The van der Waals surface area contributed by atoms with E-state index in [1.807, 2.05) is 38.1 Å². The summed E-state index contributed by atoms with van der Waals surface area (Å²) in [5.41, 5.74) is 2.45. The summed E-state index contributed by atoms with van der Waals surface area (Å²) >= 11 is 0. The number of para-hydroxylation sites is 1. The molecule has 7 heteroatoms. The fourth-order valence-electron chi connectivity index (χ4n) is 2.07. The molecule has 0 aliphatic heterocycles. The van der Waals surface area contributed by atoms with Gasteiger partial charge in [0.25, 0.3) is 5.89 Å². The van der Waals surface area contributed by atoms with E-state index < -0.39 is 0 Å². The third-order valence-electron chi connectivity index (χ3n) is 3.22. The zero-order valence-electron chi connectivity index (χ0n) is 13.2. The average Bonchev–Trinajstić information content (AvgIpc) is 3.02. The molecule has 23 heavy (non-hydrogen) atoms. The van der Waals surface area contributed by atoms with E-state index in [1.165, 1.54) is 0 Å². The van der Waals surface area contributed by atoms with Gasteiger partial charge in [-0.2, -0.15) is 4.98 Å². The first-order valence-corrected chi connectivity index (χ1v) is 7.20. The Morgan fingerprint density at radius 3 is 2.74 bits per heavy atom. The van der Waals surface area contributed by atoms with Crippen LogP contribution in [0.4, 0.5) is 5.95 Å². The topological polar surface area (TPSA) is 86.0 Å². The maximum absolute atomic E-state index is 5.71. The van der Waals surface area contributed by atoms with E-state index in [4.69, 9.17) is 9.26 Å². The SMILES string of the molecule is CNc1nc(C)cc(-c2nc(COc3ccccc3C)no2)n1. The Balaban J connectivity index is 1.76. The van der Waals surface area contributed by atoms with Crippen LogP contribution in [0.5, 0.6) is 5.75 Å². The van der Waals surface area contributed by atoms with Crippen molar-refractivity contribution in [3.8, 4) is 17.3 Å². The number of anilines is 1. The van der Waals surface area contributed by atoms with Gasteiger partial charge < -0.3 is 14.6 Å². The summed E-state index contributed by atoms with van der Waals surface area (Å²) in [5.74, 6) is 2.12. The van der Waals surface area contributed by atoms with Crippen LogP contribution in [0.1, 0.15) is 17.1 Å². The van der Waals surface area contributed by atoms with Gasteiger partial charge in [-0.3, -0.25) is 0 Å². The average molecular weight is 311 g/mol. The van der Waals surface area contributed by atoms with Crippen LogP contribution < -0.4 is 10.1 Å². The number of nitrogens with zero attached hydrogens (tertiary/aromatic N) is 4. The van der Waals surface area contributed by atoms with Crippen molar-refractivity contribution in [3.63, 3.8) is 0 Å². The Morgan fingerprint density at radius 2 is 1.96 bits per heavy atom. The summed E-state index contributed by atoms with van der Waals surface area (Å²) in [7, 11) is 1.76. The quantitative estimate of drug-likeness (QED) is 0.775. The highest BCUT2D eigenvalue weighted by atomic mass is 16.5. The van der Waals surface area contributed by atoms with Crippen molar-refractivity contribution < 1.29 is 9.26 Å². The zero-order valence-corrected chi connectivity index (χ0v) is 13.2. The molecular formula is C16H17N5O2. The van der Waals surface area contributed by atoms with E-state index in [0.29, 0.717) is 23.4 Å². The summed E-state index contributed by atoms with van der Waals surface area (Å²) in [5, 5.41) is 6.83. The highest BCUT2D eigenvalue weighted by molar-refractivity contribution is 5.50. The predicted molar refractivity (Wildman–Crippen MR) is 85.1 cm³/mol. The number of rotatable bonds is 5. The fourth-order valence-corrected chi connectivity index (χ4v) is 2.07. The summed E-state index contributed by atoms with van der Waals surface area (Å²) in [6.07, 6.45) is 0. The molecule has 0 spiro atoms. The Morgan fingerprint density at radius 1 is 1.13 bits per heavy atom. The van der Waals surface area contributed by atoms with Crippen molar-refractivity contribution in [1.82, 2.24) is 20.1 Å². The van der Waals surface area contributed by atoms with Gasteiger partial charge in [0.15, 0.2) is 6.61 Å². The predicted octanol–water partition coefficient (Wildman–Crippen LogP) is 2.76. The number of aryl methyl sites for hydroxylation is 2. The van der Waals surface area contributed by atoms with Crippen LogP contribution in [0.3, 0.4) is 0 Å². The molecule has 0 unspecified atom stereocenters. The summed E-state index contributed by atoms with van der Waals surface area (Å²) in [6, 6.07) is 9.57. The normalized spacial score (nSPS) is 10.6. The van der Waals surface area contributed by atoms with Crippen LogP contribution in [-0.4, -0.2) is 27.2 Å². The first-order chi connectivity index (χ1) is 11.2. The van der Waals surface area contributed by atoms with Gasteiger partial charge in [-0.1, -0.05) is 23.4 Å². The molecule has 0 aliphatic carbocycles. The third kappa shape index (κ3) is 3.45. The van der Waals surface area contributed by atoms with E-state index in [2.05, 4.69) is 25.4 Å². The molecule has 118 valence electrons. The van der Waals surface area contributed by atoms with Gasteiger partial charge in [0.2, 0.25) is 11.8 Å². The Bertz CT molecular complexity index is 816. The van der Waals surface area contributed by atoms with E-state index in [1.54, 1.807) is 13.1 Å². The minimum atomic E-state index is 0.233. The maximum atomic E-state index is 5.71. The molecule has 2 heterocycles. The van der Waals surface area contributed by atoms with Gasteiger partial charge in [0.1, 0.15) is 11.4 Å². The van der Waals surface area contributed by atoms with E-state index in [0.717, 1.165) is 17.0 Å². The van der Waals surface area contributed by atoms with Crippen molar-refractivity contribution in [1.29, 1.82) is 0 Å². The molecule has 0 bridgehead atoms. The smallest absolute Gasteiger partial charge is 0.276 e. The number of ether oxygens (including phenoxy) is 1. The molecule has 0 radical (unpaired) electrons. The van der Waals surface area contributed by atoms with E-state index in [-0.39, 0.29) is 6.61 Å². The van der Waals surface area contributed by atoms with Crippen molar-refractivity contribution in [2.75, 3.05) is 12.4 Å². The van der Waals surface area contributed by atoms with E-state index >= 15 is 0 Å². The lowest BCUT2D eigenvalue weighted by Crippen LogP contribution is -2.00. The van der Waals surface area contributed by atoms with Gasteiger partial charge >= 0.3 is 0 Å². The van der Waals surface area contributed by atoms with Crippen LogP contribution in [-0.2, 0) is 6.61 Å². The fraction of sp³-hybridized carbons (Fsp3) is 0.250. The second kappa shape index (κ2) is 6.43. The Labute approximate surface area is 133 Å². The molecule has 3 rings (SSSR count). The van der Waals surface area contributed by atoms with Gasteiger partial charge in [0.05, 0.1) is 0 Å². The van der Waals surface area contributed by atoms with Crippen LogP contribution in [0, 0.1) is 13.8 Å². The second-order valence-electron chi connectivity index (χ2n) is 5.04. The number of hydrogen-bond donors (Lipinski definition) is 1. The molecule has 7 nitrogen and oxygen atoms in total.